The van der Waals surface area contributed by atoms with Crippen LogP contribution in [0, 0.1) is 5.92 Å². The molecular formula is C16H22BrN3O. The van der Waals surface area contributed by atoms with Crippen LogP contribution in [0.5, 0.6) is 0 Å². The molecule has 0 aliphatic carbocycles. The average Bonchev–Trinajstić information content (AvgIpc) is 2.50. The van der Waals surface area contributed by atoms with Crippen LogP contribution < -0.4 is 11.1 Å². The number of hydrogen-bond donors (Lipinski definition) is 2. The molecular weight excluding hydrogens is 330 g/mol. The summed E-state index contributed by atoms with van der Waals surface area (Å²) in [6, 6.07) is 10.4. The molecule has 2 rings (SSSR count). The summed E-state index contributed by atoms with van der Waals surface area (Å²) in [6.45, 7) is 5.22. The Morgan fingerprint density at radius 3 is 2.81 bits per heavy atom. The van der Waals surface area contributed by atoms with E-state index in [9.17, 15) is 4.79 Å². The third kappa shape index (κ3) is 3.66. The molecule has 1 saturated heterocycles. The van der Waals surface area contributed by atoms with E-state index >= 15 is 0 Å². The highest BCUT2D eigenvalue weighted by Crippen LogP contribution is 2.28. The smallest absolute Gasteiger partial charge is 0.237 e. The van der Waals surface area contributed by atoms with E-state index in [0.29, 0.717) is 13.1 Å². The second-order valence-electron chi connectivity index (χ2n) is 5.51. The van der Waals surface area contributed by atoms with Gasteiger partial charge in [-0.25, -0.2) is 0 Å². The van der Waals surface area contributed by atoms with E-state index in [1.54, 1.807) is 6.20 Å². The van der Waals surface area contributed by atoms with E-state index in [0.717, 1.165) is 10.0 Å². The number of halogens is 1. The number of amides is 1. The summed E-state index contributed by atoms with van der Waals surface area (Å²) in [5.41, 5.74) is 6.77. The molecule has 3 N–H and O–H groups in total. The highest BCUT2D eigenvalue weighted by atomic mass is 79.9. The van der Waals surface area contributed by atoms with Crippen LogP contribution in [0.3, 0.4) is 0 Å². The summed E-state index contributed by atoms with van der Waals surface area (Å²) in [5, 5.41) is 3.28. The maximum absolute atomic E-state index is 12.4. The number of nitrogens with one attached hydrogen (secondary N) is 1. The topological polar surface area (TPSA) is 58.4 Å². The lowest BCUT2D eigenvalue weighted by Crippen LogP contribution is -2.61. The van der Waals surface area contributed by atoms with Gasteiger partial charge in [-0.2, -0.15) is 0 Å². The van der Waals surface area contributed by atoms with Crippen LogP contribution in [-0.2, 0) is 11.3 Å². The number of carbonyl (C=O) groups is 1. The van der Waals surface area contributed by atoms with E-state index in [1.165, 1.54) is 0 Å². The standard InChI is InChI=1S/C16H22BrN3O/c1-11(14(17)8-18)16-12(2)19-9-15(21)20(16)10-13-6-4-3-5-7-13/h3-8,11-12,16,19H,9-10,18H2,1-2H3/b14-8+. The number of carbonyl (C=O) groups excluding carboxylic acids is 1. The number of piperazine rings is 1. The zero-order valence-corrected chi connectivity index (χ0v) is 14.0. The first-order valence-electron chi connectivity index (χ1n) is 7.18. The van der Waals surface area contributed by atoms with Gasteiger partial charge < -0.3 is 16.0 Å². The largest absolute Gasteiger partial charge is 0.404 e. The Hall–Kier alpha value is -1.33. The molecule has 4 nitrogen and oxygen atoms in total. The minimum absolute atomic E-state index is 0.0700. The highest BCUT2D eigenvalue weighted by Gasteiger charge is 2.37. The molecule has 0 radical (unpaired) electrons. The van der Waals surface area contributed by atoms with Crippen LogP contribution in [0.1, 0.15) is 19.4 Å². The predicted molar refractivity (Wildman–Crippen MR) is 88.6 cm³/mol. The third-order valence-electron chi connectivity index (χ3n) is 4.07. The highest BCUT2D eigenvalue weighted by molar-refractivity contribution is 9.11. The van der Waals surface area contributed by atoms with Crippen molar-refractivity contribution in [3.05, 3.63) is 46.6 Å². The molecule has 1 aliphatic heterocycles. The molecule has 1 heterocycles. The van der Waals surface area contributed by atoms with Crippen molar-refractivity contribution in [1.29, 1.82) is 0 Å². The van der Waals surface area contributed by atoms with Crippen molar-refractivity contribution in [2.24, 2.45) is 11.7 Å². The van der Waals surface area contributed by atoms with Crippen LogP contribution in [0.15, 0.2) is 41.0 Å². The maximum Gasteiger partial charge on any atom is 0.237 e. The maximum atomic E-state index is 12.4. The van der Waals surface area contributed by atoms with Gasteiger partial charge in [0.2, 0.25) is 5.91 Å². The zero-order chi connectivity index (χ0) is 15.4. The van der Waals surface area contributed by atoms with E-state index in [2.05, 4.69) is 47.2 Å². The van der Waals surface area contributed by atoms with Gasteiger partial charge in [0.15, 0.2) is 0 Å². The predicted octanol–water partition coefficient (Wildman–Crippen LogP) is 2.21. The molecule has 1 aliphatic rings. The van der Waals surface area contributed by atoms with Gasteiger partial charge in [0, 0.05) is 29.2 Å². The van der Waals surface area contributed by atoms with E-state index in [1.807, 2.05) is 23.1 Å². The van der Waals surface area contributed by atoms with E-state index < -0.39 is 0 Å². The number of benzene rings is 1. The summed E-state index contributed by atoms with van der Waals surface area (Å²) < 4.78 is 0.925. The Labute approximate surface area is 134 Å². The van der Waals surface area contributed by atoms with Crippen molar-refractivity contribution < 1.29 is 4.79 Å². The number of nitrogens with two attached hydrogens (primary N) is 1. The fraction of sp³-hybridized carbons (Fsp3) is 0.438. The SMILES string of the molecule is CC1NCC(=O)N(Cc2ccccc2)C1C(C)/C(Br)=C\N. The third-order valence-corrected chi connectivity index (χ3v) is 5.06. The molecule has 21 heavy (non-hydrogen) atoms. The normalized spacial score (nSPS) is 25.0. The summed E-state index contributed by atoms with van der Waals surface area (Å²) in [7, 11) is 0. The Morgan fingerprint density at radius 2 is 2.19 bits per heavy atom. The fourth-order valence-electron chi connectivity index (χ4n) is 2.90. The first-order valence-corrected chi connectivity index (χ1v) is 7.98. The van der Waals surface area contributed by atoms with E-state index in [4.69, 9.17) is 5.73 Å². The van der Waals surface area contributed by atoms with E-state index in [-0.39, 0.29) is 23.9 Å². The van der Waals surface area contributed by atoms with Crippen LogP contribution >= 0.6 is 15.9 Å². The summed E-state index contributed by atoms with van der Waals surface area (Å²) in [6.07, 6.45) is 1.57. The van der Waals surface area contributed by atoms with Crippen LogP contribution in [-0.4, -0.2) is 29.4 Å². The molecule has 5 heteroatoms. The van der Waals surface area contributed by atoms with Gasteiger partial charge in [0.1, 0.15) is 0 Å². The van der Waals surface area contributed by atoms with Crippen LogP contribution in [0.25, 0.3) is 0 Å². The zero-order valence-electron chi connectivity index (χ0n) is 12.4. The van der Waals surface area contributed by atoms with Gasteiger partial charge in [0.05, 0.1) is 12.6 Å². The number of rotatable bonds is 4. The minimum atomic E-state index is 0.0700. The Morgan fingerprint density at radius 1 is 1.52 bits per heavy atom. The minimum Gasteiger partial charge on any atom is -0.404 e. The Bertz CT molecular complexity index is 518. The monoisotopic (exact) mass is 351 g/mol. The number of hydrogen-bond acceptors (Lipinski definition) is 3. The molecule has 0 bridgehead atoms. The van der Waals surface area contributed by atoms with Crippen molar-refractivity contribution in [2.75, 3.05) is 6.54 Å². The quantitative estimate of drug-likeness (QED) is 0.874. The second kappa shape index (κ2) is 7.09. The molecule has 3 unspecified atom stereocenters. The van der Waals surface area contributed by atoms with Gasteiger partial charge in [-0.3, -0.25) is 4.79 Å². The summed E-state index contributed by atoms with van der Waals surface area (Å²) in [4.78, 5) is 14.3. The number of nitrogens with zero attached hydrogens (tertiary/aromatic N) is 1. The van der Waals surface area contributed by atoms with Crippen LogP contribution in [0.2, 0.25) is 0 Å². The lowest BCUT2D eigenvalue weighted by atomic mass is 9.91. The Kier molecular flexibility index (Phi) is 5.42. The molecule has 0 spiro atoms. The summed E-state index contributed by atoms with van der Waals surface area (Å²) in [5.74, 6) is 0.275. The van der Waals surface area contributed by atoms with Gasteiger partial charge in [-0.05, 0) is 12.5 Å². The molecule has 0 saturated carbocycles. The van der Waals surface area contributed by atoms with Crippen molar-refractivity contribution in [3.8, 4) is 0 Å². The molecule has 1 amide bonds. The summed E-state index contributed by atoms with van der Waals surface area (Å²) >= 11 is 3.51. The average molecular weight is 352 g/mol. The Balaban J connectivity index is 2.26. The molecule has 1 fully saturated rings. The van der Waals surface area contributed by atoms with Crippen molar-refractivity contribution in [1.82, 2.24) is 10.2 Å². The van der Waals surface area contributed by atoms with Crippen molar-refractivity contribution in [2.45, 2.75) is 32.5 Å². The fourth-order valence-corrected chi connectivity index (χ4v) is 3.17. The molecule has 0 aromatic heterocycles. The molecule has 3 atom stereocenters. The lowest BCUT2D eigenvalue weighted by molar-refractivity contribution is -0.138. The van der Waals surface area contributed by atoms with Crippen molar-refractivity contribution in [3.63, 3.8) is 0 Å². The first kappa shape index (κ1) is 16.0. The van der Waals surface area contributed by atoms with Gasteiger partial charge in [-0.1, -0.05) is 53.2 Å². The van der Waals surface area contributed by atoms with Gasteiger partial charge in [-0.15, -0.1) is 0 Å². The van der Waals surface area contributed by atoms with Crippen molar-refractivity contribution >= 4 is 21.8 Å². The molecule has 114 valence electrons. The van der Waals surface area contributed by atoms with Crippen LogP contribution in [0.4, 0.5) is 0 Å². The lowest BCUT2D eigenvalue weighted by Gasteiger charge is -2.43. The molecule has 1 aromatic carbocycles. The van der Waals surface area contributed by atoms with Gasteiger partial charge in [0.25, 0.3) is 0 Å². The van der Waals surface area contributed by atoms with Gasteiger partial charge >= 0.3 is 0 Å². The second-order valence-corrected chi connectivity index (χ2v) is 6.42. The first-order chi connectivity index (χ1) is 10.0. The molecule has 1 aromatic rings.